The van der Waals surface area contributed by atoms with E-state index in [1.165, 1.54) is 5.69 Å². The van der Waals surface area contributed by atoms with Crippen LogP contribution >= 0.6 is 0 Å². The average molecular weight is 269 g/mol. The Kier molecular flexibility index (Phi) is 4.82. The van der Waals surface area contributed by atoms with E-state index < -0.39 is 0 Å². The van der Waals surface area contributed by atoms with Crippen LogP contribution in [0.4, 0.5) is 17.1 Å². The number of anilines is 1. The van der Waals surface area contributed by atoms with Crippen molar-refractivity contribution in [2.45, 2.75) is 13.8 Å². The zero-order valence-corrected chi connectivity index (χ0v) is 12.3. The van der Waals surface area contributed by atoms with E-state index in [0.717, 1.165) is 24.5 Å². The summed E-state index contributed by atoms with van der Waals surface area (Å²) in [4.78, 5) is 2.30. The third-order valence-corrected chi connectivity index (χ3v) is 3.22. The van der Waals surface area contributed by atoms with E-state index in [1.807, 2.05) is 48.3 Å². The maximum Gasteiger partial charge on any atom is 0.170 e. The first-order chi connectivity index (χ1) is 9.72. The van der Waals surface area contributed by atoms with Crippen molar-refractivity contribution in [3.63, 3.8) is 0 Å². The lowest BCUT2D eigenvalue weighted by Gasteiger charge is -2.20. The van der Waals surface area contributed by atoms with Crippen LogP contribution in [0.2, 0.25) is 0 Å². The van der Waals surface area contributed by atoms with E-state index >= 15 is 0 Å². The summed E-state index contributed by atoms with van der Waals surface area (Å²) in [6.07, 6.45) is 3.91. The lowest BCUT2D eigenvalue weighted by atomic mass is 10.2. The van der Waals surface area contributed by atoms with Crippen LogP contribution in [0.5, 0.6) is 0 Å². The van der Waals surface area contributed by atoms with Crippen LogP contribution in [-0.4, -0.2) is 13.1 Å². The first-order valence-electron chi connectivity index (χ1n) is 6.95. The lowest BCUT2D eigenvalue weighted by molar-refractivity contribution is -0.671. The Balaban J connectivity index is 2.08. The number of hydrogen-bond donors (Lipinski definition) is 0. The zero-order valence-electron chi connectivity index (χ0n) is 12.3. The highest BCUT2D eigenvalue weighted by molar-refractivity contribution is 5.52. The van der Waals surface area contributed by atoms with Crippen LogP contribution in [0.1, 0.15) is 13.8 Å². The number of benzene rings is 1. The van der Waals surface area contributed by atoms with Gasteiger partial charge in [0.05, 0.1) is 11.4 Å². The normalized spacial score (nSPS) is 10.9. The second-order valence-electron chi connectivity index (χ2n) is 4.61. The number of aryl methyl sites for hydroxylation is 1. The van der Waals surface area contributed by atoms with Crippen molar-refractivity contribution in [1.82, 2.24) is 0 Å². The molecule has 2 rings (SSSR count). The maximum atomic E-state index is 4.26. The molecule has 0 saturated heterocycles. The topological polar surface area (TPSA) is 31.8 Å². The van der Waals surface area contributed by atoms with E-state index in [-0.39, 0.29) is 0 Å². The fourth-order valence-corrected chi connectivity index (χ4v) is 1.99. The molecular formula is C16H21N4+. The summed E-state index contributed by atoms with van der Waals surface area (Å²) in [6.45, 7) is 6.34. The molecule has 1 aromatic carbocycles. The van der Waals surface area contributed by atoms with Crippen molar-refractivity contribution < 1.29 is 4.57 Å². The molecule has 4 heteroatoms. The van der Waals surface area contributed by atoms with Crippen LogP contribution in [0.15, 0.2) is 59.0 Å². The van der Waals surface area contributed by atoms with Crippen molar-refractivity contribution in [3.8, 4) is 0 Å². The van der Waals surface area contributed by atoms with Crippen molar-refractivity contribution in [2.75, 3.05) is 18.0 Å². The van der Waals surface area contributed by atoms with Crippen LogP contribution in [-0.2, 0) is 7.05 Å². The second-order valence-corrected chi connectivity index (χ2v) is 4.61. The van der Waals surface area contributed by atoms with E-state index in [0.29, 0.717) is 0 Å². The summed E-state index contributed by atoms with van der Waals surface area (Å²) >= 11 is 0. The van der Waals surface area contributed by atoms with Gasteiger partial charge in [0.1, 0.15) is 7.05 Å². The predicted molar refractivity (Wildman–Crippen MR) is 81.8 cm³/mol. The fourth-order valence-electron chi connectivity index (χ4n) is 1.99. The molecule has 104 valence electrons. The minimum Gasteiger partial charge on any atom is -0.372 e. The molecule has 0 radical (unpaired) electrons. The van der Waals surface area contributed by atoms with Crippen LogP contribution in [0.25, 0.3) is 0 Å². The summed E-state index contributed by atoms with van der Waals surface area (Å²) in [6, 6.07) is 12.1. The second kappa shape index (κ2) is 6.80. The fraction of sp³-hybridized carbons (Fsp3) is 0.312. The van der Waals surface area contributed by atoms with E-state index in [9.17, 15) is 0 Å². The molecule has 0 aliphatic heterocycles. The minimum absolute atomic E-state index is 0.857. The highest BCUT2D eigenvalue weighted by Crippen LogP contribution is 2.21. The smallest absolute Gasteiger partial charge is 0.170 e. The molecular weight excluding hydrogens is 248 g/mol. The molecule has 0 N–H and O–H groups in total. The van der Waals surface area contributed by atoms with Gasteiger partial charge in [0.2, 0.25) is 0 Å². The van der Waals surface area contributed by atoms with Crippen molar-refractivity contribution in [1.29, 1.82) is 0 Å². The third kappa shape index (κ3) is 3.63. The molecule has 0 atom stereocenters. The molecule has 0 fully saturated rings. The molecule has 0 aliphatic rings. The third-order valence-electron chi connectivity index (χ3n) is 3.22. The van der Waals surface area contributed by atoms with E-state index in [1.54, 1.807) is 0 Å². The Hall–Kier alpha value is -2.23. The minimum atomic E-state index is 0.857. The van der Waals surface area contributed by atoms with Crippen molar-refractivity contribution in [3.05, 3.63) is 48.8 Å². The molecule has 0 amide bonds. The molecule has 1 aromatic heterocycles. The van der Waals surface area contributed by atoms with Gasteiger partial charge in [0, 0.05) is 30.9 Å². The molecule has 1 heterocycles. The van der Waals surface area contributed by atoms with E-state index in [2.05, 4.69) is 41.1 Å². The SMILES string of the molecule is CCN(CC)c1ccc(N=Nc2cc[n+](C)cc2)cc1. The first-order valence-corrected chi connectivity index (χ1v) is 6.95. The summed E-state index contributed by atoms with van der Waals surface area (Å²) in [5.74, 6) is 0. The monoisotopic (exact) mass is 269 g/mol. The summed E-state index contributed by atoms with van der Waals surface area (Å²) in [5, 5.41) is 8.49. The first kappa shape index (κ1) is 14.2. The molecule has 20 heavy (non-hydrogen) atoms. The van der Waals surface area contributed by atoms with Gasteiger partial charge in [-0.2, -0.15) is 10.2 Å². The summed E-state index contributed by atoms with van der Waals surface area (Å²) in [5.41, 5.74) is 2.95. The van der Waals surface area contributed by atoms with Gasteiger partial charge in [-0.05, 0) is 38.1 Å². The number of hydrogen-bond acceptors (Lipinski definition) is 3. The van der Waals surface area contributed by atoms with Gasteiger partial charge in [-0.25, -0.2) is 4.57 Å². The molecule has 4 nitrogen and oxygen atoms in total. The maximum absolute atomic E-state index is 4.26. The quantitative estimate of drug-likeness (QED) is 0.600. The van der Waals surface area contributed by atoms with Gasteiger partial charge in [-0.1, -0.05) is 0 Å². The largest absolute Gasteiger partial charge is 0.372 e. The summed E-state index contributed by atoms with van der Waals surface area (Å²) < 4.78 is 1.97. The number of aromatic nitrogens is 1. The molecule has 0 aliphatic carbocycles. The number of pyridine rings is 1. The predicted octanol–water partition coefficient (Wildman–Crippen LogP) is 3.77. The Bertz CT molecular complexity index is 554. The molecule has 0 spiro atoms. The number of nitrogens with zero attached hydrogens (tertiary/aromatic N) is 4. The van der Waals surface area contributed by atoms with Crippen LogP contribution in [0.3, 0.4) is 0 Å². The Labute approximate surface area is 120 Å². The highest BCUT2D eigenvalue weighted by Gasteiger charge is 2.01. The standard InChI is InChI=1S/C16H21N4/c1-4-20(5-2)16-8-6-14(7-9-16)17-18-15-10-12-19(3)13-11-15/h6-13H,4-5H2,1-3H3/q+1. The Morgan fingerprint density at radius 3 is 1.85 bits per heavy atom. The molecule has 0 unspecified atom stereocenters. The van der Waals surface area contributed by atoms with E-state index in [4.69, 9.17) is 0 Å². The molecule has 0 bridgehead atoms. The van der Waals surface area contributed by atoms with Gasteiger partial charge in [-0.15, -0.1) is 0 Å². The molecule has 0 saturated carbocycles. The Morgan fingerprint density at radius 1 is 0.850 bits per heavy atom. The molecule has 2 aromatic rings. The lowest BCUT2D eigenvalue weighted by Crippen LogP contribution is -2.25. The number of rotatable bonds is 5. The zero-order chi connectivity index (χ0) is 14.4. The highest BCUT2D eigenvalue weighted by atomic mass is 15.1. The van der Waals surface area contributed by atoms with Crippen molar-refractivity contribution >= 4 is 17.1 Å². The van der Waals surface area contributed by atoms with Gasteiger partial charge in [0.15, 0.2) is 12.4 Å². The van der Waals surface area contributed by atoms with Crippen LogP contribution in [0, 0.1) is 0 Å². The summed E-state index contributed by atoms with van der Waals surface area (Å²) in [7, 11) is 1.98. The van der Waals surface area contributed by atoms with Crippen molar-refractivity contribution in [2.24, 2.45) is 17.3 Å². The van der Waals surface area contributed by atoms with Gasteiger partial charge < -0.3 is 4.90 Å². The van der Waals surface area contributed by atoms with Gasteiger partial charge in [-0.3, -0.25) is 0 Å². The van der Waals surface area contributed by atoms with Gasteiger partial charge >= 0.3 is 0 Å². The number of azo groups is 1. The average Bonchev–Trinajstić information content (AvgIpc) is 2.49. The van der Waals surface area contributed by atoms with Gasteiger partial charge in [0.25, 0.3) is 0 Å². The van der Waals surface area contributed by atoms with Crippen LogP contribution < -0.4 is 9.47 Å². The Morgan fingerprint density at radius 2 is 1.35 bits per heavy atom.